The van der Waals surface area contributed by atoms with Crippen LogP contribution in [-0.2, 0) is 24.0 Å². The Morgan fingerprint density at radius 1 is 0.882 bits per heavy atom. The molecule has 5 unspecified atom stereocenters. The minimum absolute atomic E-state index is 0.127. The molecule has 0 bridgehead atoms. The van der Waals surface area contributed by atoms with Crippen molar-refractivity contribution in [2.45, 2.75) is 75.7 Å². The fourth-order valence-electron chi connectivity index (χ4n) is 2.87. The molecule has 0 aromatic heterocycles. The number of aliphatic carboxylic acids is 2. The number of carboxylic acid groups (broad SMARTS) is 2. The van der Waals surface area contributed by atoms with Crippen LogP contribution in [0.2, 0.25) is 0 Å². The van der Waals surface area contributed by atoms with E-state index in [4.69, 9.17) is 16.6 Å². The number of unbranched alkanes of at least 4 members (excludes halogenated alkanes) is 1. The van der Waals surface area contributed by atoms with Crippen molar-refractivity contribution in [3.8, 4) is 0 Å². The number of nitrogens with two attached hydrogens (primary N) is 2. The standard InChI is InChI=1S/C20H37N5O8S/c1-11(26)16(19(31)24-14(20(32)33)8-10-34-2)25-18(30)13(6-7-15(27)28)23-17(29)12(22)5-3-4-9-21/h11-14,16,26H,3-10,21-22H2,1-2H3,(H,23,29)(H,24,31)(H,25,30)(H,27,28)(H,32,33). The van der Waals surface area contributed by atoms with Gasteiger partial charge in [-0.2, -0.15) is 11.8 Å². The van der Waals surface area contributed by atoms with Crippen LogP contribution in [0.15, 0.2) is 0 Å². The highest BCUT2D eigenvalue weighted by atomic mass is 32.2. The van der Waals surface area contributed by atoms with Crippen molar-refractivity contribution in [1.29, 1.82) is 0 Å². The van der Waals surface area contributed by atoms with E-state index in [1.807, 2.05) is 0 Å². The van der Waals surface area contributed by atoms with Crippen molar-refractivity contribution in [2.75, 3.05) is 18.6 Å². The fraction of sp³-hybridized carbons (Fsp3) is 0.750. The van der Waals surface area contributed by atoms with Gasteiger partial charge in [0.1, 0.15) is 18.1 Å². The Morgan fingerprint density at radius 2 is 1.50 bits per heavy atom. The molecule has 14 heteroatoms. The number of aliphatic hydroxyl groups excluding tert-OH is 1. The average molecular weight is 508 g/mol. The largest absolute Gasteiger partial charge is 0.481 e. The Morgan fingerprint density at radius 3 is 2.00 bits per heavy atom. The van der Waals surface area contributed by atoms with Crippen molar-refractivity contribution in [2.24, 2.45) is 11.5 Å². The van der Waals surface area contributed by atoms with Crippen LogP contribution in [0, 0.1) is 0 Å². The molecule has 0 saturated heterocycles. The van der Waals surface area contributed by atoms with E-state index in [9.17, 15) is 34.2 Å². The molecule has 13 nitrogen and oxygen atoms in total. The van der Waals surface area contributed by atoms with Gasteiger partial charge in [-0.15, -0.1) is 0 Å². The minimum atomic E-state index is -1.54. The first-order chi connectivity index (χ1) is 15.9. The van der Waals surface area contributed by atoms with Gasteiger partial charge in [0.15, 0.2) is 0 Å². The minimum Gasteiger partial charge on any atom is -0.481 e. The normalized spacial score (nSPS) is 15.3. The zero-order chi connectivity index (χ0) is 26.3. The SMILES string of the molecule is CSCCC(NC(=O)C(NC(=O)C(CCC(=O)O)NC(=O)C(N)CCCCN)C(C)O)C(=O)O. The zero-order valence-electron chi connectivity index (χ0n) is 19.5. The highest BCUT2D eigenvalue weighted by Crippen LogP contribution is 2.06. The predicted octanol–water partition coefficient (Wildman–Crippen LogP) is -2.02. The molecule has 0 spiro atoms. The maximum absolute atomic E-state index is 12.8. The number of hydrogen-bond donors (Lipinski definition) is 8. The lowest BCUT2D eigenvalue weighted by Gasteiger charge is -2.26. The number of hydrogen-bond acceptors (Lipinski definition) is 9. The van der Waals surface area contributed by atoms with E-state index in [2.05, 4.69) is 16.0 Å². The highest BCUT2D eigenvalue weighted by Gasteiger charge is 2.32. The first kappa shape index (κ1) is 31.6. The van der Waals surface area contributed by atoms with E-state index >= 15 is 0 Å². The van der Waals surface area contributed by atoms with Crippen molar-refractivity contribution < 1.29 is 39.3 Å². The first-order valence-electron chi connectivity index (χ1n) is 10.9. The molecule has 0 radical (unpaired) electrons. The third kappa shape index (κ3) is 12.7. The summed E-state index contributed by atoms with van der Waals surface area (Å²) in [6, 6.07) is -5.06. The number of amides is 3. The summed E-state index contributed by atoms with van der Waals surface area (Å²) in [5.74, 6) is -4.55. The number of nitrogens with one attached hydrogen (secondary N) is 3. The van der Waals surface area contributed by atoms with E-state index in [0.717, 1.165) is 0 Å². The molecule has 5 atom stereocenters. The lowest BCUT2D eigenvalue weighted by molar-refractivity contribution is -0.143. The van der Waals surface area contributed by atoms with Gasteiger partial charge < -0.3 is 42.7 Å². The van der Waals surface area contributed by atoms with Gasteiger partial charge in [0, 0.05) is 6.42 Å². The van der Waals surface area contributed by atoms with Crippen LogP contribution < -0.4 is 27.4 Å². The molecule has 10 N–H and O–H groups in total. The predicted molar refractivity (Wildman–Crippen MR) is 126 cm³/mol. The third-order valence-electron chi connectivity index (χ3n) is 4.87. The smallest absolute Gasteiger partial charge is 0.326 e. The molecule has 3 amide bonds. The second kappa shape index (κ2) is 17.1. The summed E-state index contributed by atoms with van der Waals surface area (Å²) >= 11 is 1.39. The second-order valence-corrected chi connectivity index (χ2v) is 8.78. The van der Waals surface area contributed by atoms with Crippen LogP contribution in [0.25, 0.3) is 0 Å². The zero-order valence-corrected chi connectivity index (χ0v) is 20.3. The molecular formula is C20H37N5O8S. The molecule has 0 heterocycles. The number of thioether (sulfide) groups is 1. The molecule has 0 rings (SSSR count). The van der Waals surface area contributed by atoms with Crippen molar-refractivity contribution in [3.05, 3.63) is 0 Å². The molecule has 0 saturated carbocycles. The lowest BCUT2D eigenvalue weighted by Crippen LogP contribution is -2.59. The van der Waals surface area contributed by atoms with Gasteiger partial charge in [-0.25, -0.2) is 4.79 Å². The summed E-state index contributed by atoms with van der Waals surface area (Å²) < 4.78 is 0. The monoisotopic (exact) mass is 507 g/mol. The Kier molecular flexibility index (Phi) is 15.9. The maximum atomic E-state index is 12.8. The van der Waals surface area contributed by atoms with Crippen molar-refractivity contribution >= 4 is 41.4 Å². The topological polar surface area (TPSA) is 234 Å². The van der Waals surface area contributed by atoms with Crippen LogP contribution in [-0.4, -0.2) is 93.8 Å². The van der Waals surface area contributed by atoms with Crippen LogP contribution in [0.5, 0.6) is 0 Å². The second-order valence-electron chi connectivity index (χ2n) is 7.79. The molecule has 196 valence electrons. The summed E-state index contributed by atoms with van der Waals surface area (Å²) in [5.41, 5.74) is 11.2. The van der Waals surface area contributed by atoms with Crippen LogP contribution in [0.4, 0.5) is 0 Å². The quantitative estimate of drug-likeness (QED) is 0.0943. The van der Waals surface area contributed by atoms with Gasteiger partial charge in [-0.3, -0.25) is 19.2 Å². The number of aliphatic hydroxyl groups is 1. The van der Waals surface area contributed by atoms with Crippen LogP contribution in [0.3, 0.4) is 0 Å². The summed E-state index contributed by atoms with van der Waals surface area (Å²) in [6.45, 7) is 1.65. The maximum Gasteiger partial charge on any atom is 0.326 e. The van der Waals surface area contributed by atoms with E-state index < -0.39 is 66.4 Å². The Balaban J connectivity index is 5.37. The Hall–Kier alpha value is -2.42. The van der Waals surface area contributed by atoms with Crippen LogP contribution in [0.1, 0.15) is 45.4 Å². The van der Waals surface area contributed by atoms with E-state index in [-0.39, 0.29) is 12.8 Å². The van der Waals surface area contributed by atoms with E-state index in [1.165, 1.54) is 18.7 Å². The molecule has 0 aliphatic rings. The molecular weight excluding hydrogens is 470 g/mol. The van der Waals surface area contributed by atoms with Crippen molar-refractivity contribution in [3.63, 3.8) is 0 Å². The van der Waals surface area contributed by atoms with Crippen LogP contribution >= 0.6 is 11.8 Å². The molecule has 0 aromatic carbocycles. The summed E-state index contributed by atoms with van der Waals surface area (Å²) in [5, 5.41) is 35.2. The van der Waals surface area contributed by atoms with Gasteiger partial charge in [0.05, 0.1) is 12.1 Å². The Labute approximate surface area is 202 Å². The number of carboxylic acids is 2. The molecule has 0 aliphatic heterocycles. The summed E-state index contributed by atoms with van der Waals surface area (Å²) in [6.07, 6.45) is 1.29. The summed E-state index contributed by atoms with van der Waals surface area (Å²) in [7, 11) is 0. The fourth-order valence-corrected chi connectivity index (χ4v) is 3.34. The van der Waals surface area contributed by atoms with E-state index in [0.29, 0.717) is 31.6 Å². The number of rotatable bonds is 18. The average Bonchev–Trinajstić information content (AvgIpc) is 2.76. The van der Waals surface area contributed by atoms with Gasteiger partial charge in [-0.05, 0) is 51.2 Å². The first-order valence-corrected chi connectivity index (χ1v) is 12.3. The lowest BCUT2D eigenvalue weighted by atomic mass is 10.1. The number of carbonyl (C=O) groups excluding carboxylic acids is 3. The van der Waals surface area contributed by atoms with Gasteiger partial charge in [-0.1, -0.05) is 6.42 Å². The summed E-state index contributed by atoms with van der Waals surface area (Å²) in [4.78, 5) is 60.2. The number of carbonyl (C=O) groups is 5. The highest BCUT2D eigenvalue weighted by molar-refractivity contribution is 7.98. The van der Waals surface area contributed by atoms with Gasteiger partial charge in [0.25, 0.3) is 0 Å². The van der Waals surface area contributed by atoms with Crippen molar-refractivity contribution in [1.82, 2.24) is 16.0 Å². The van der Waals surface area contributed by atoms with Gasteiger partial charge >= 0.3 is 11.9 Å². The molecule has 0 aromatic rings. The Bertz CT molecular complexity index is 694. The molecule has 34 heavy (non-hydrogen) atoms. The molecule has 0 aliphatic carbocycles. The molecule has 0 fully saturated rings. The van der Waals surface area contributed by atoms with Gasteiger partial charge in [0.2, 0.25) is 17.7 Å². The van der Waals surface area contributed by atoms with E-state index in [1.54, 1.807) is 6.26 Å². The third-order valence-corrected chi connectivity index (χ3v) is 5.52.